The summed E-state index contributed by atoms with van der Waals surface area (Å²) >= 11 is 0. The van der Waals surface area contributed by atoms with E-state index in [0.29, 0.717) is 41.7 Å². The predicted octanol–water partition coefficient (Wildman–Crippen LogP) is 7.81. The van der Waals surface area contributed by atoms with Crippen LogP contribution in [-0.4, -0.2) is 31.3 Å². The molecule has 7 nitrogen and oxygen atoms in total. The number of carbonyl (C=O) groups is 2. The molecule has 0 saturated heterocycles. The van der Waals surface area contributed by atoms with Crippen LogP contribution in [0.25, 0.3) is 11.1 Å². The number of allylic oxidation sites excluding steroid dienone is 4. The maximum Gasteiger partial charge on any atom is 0.416 e. The molecule has 0 unspecified atom stereocenters. The first kappa shape index (κ1) is 31.3. The highest BCUT2D eigenvalue weighted by Crippen LogP contribution is 2.39. The molecule has 0 fully saturated rings. The normalized spacial score (nSPS) is 14.1. The van der Waals surface area contributed by atoms with Crippen molar-refractivity contribution in [2.75, 3.05) is 14.2 Å². The Morgan fingerprint density at radius 3 is 2.35 bits per heavy atom. The second-order valence-electron chi connectivity index (χ2n) is 10.0. The number of alkyl halides is 3. The molecule has 2 aromatic carbocycles. The number of hydrogen-bond donors (Lipinski definition) is 1. The van der Waals surface area contributed by atoms with Gasteiger partial charge in [-0.25, -0.2) is 9.59 Å². The van der Waals surface area contributed by atoms with E-state index in [9.17, 15) is 22.8 Å². The summed E-state index contributed by atoms with van der Waals surface area (Å²) in [6, 6.07) is 12.2. The molecule has 1 heterocycles. The summed E-state index contributed by atoms with van der Waals surface area (Å²) in [5.41, 5.74) is 4.40. The largest absolute Gasteiger partial charge is 0.500 e. The maximum absolute atomic E-state index is 13.7. The van der Waals surface area contributed by atoms with Crippen LogP contribution in [0.2, 0.25) is 0 Å². The number of halogens is 3. The molecule has 1 amide bonds. The summed E-state index contributed by atoms with van der Waals surface area (Å²) in [7, 11) is 2.84. The second-order valence-corrected chi connectivity index (χ2v) is 10.0. The molecule has 226 valence electrons. The summed E-state index contributed by atoms with van der Waals surface area (Å²) < 4.78 is 57.3. The number of ether oxygens (including phenoxy) is 3. The summed E-state index contributed by atoms with van der Waals surface area (Å²) in [5.74, 6) is 0.167. The fourth-order valence-electron chi connectivity index (χ4n) is 5.11. The van der Waals surface area contributed by atoms with Crippen LogP contribution < -0.4 is 5.32 Å². The predicted molar refractivity (Wildman–Crippen MR) is 156 cm³/mol. The van der Waals surface area contributed by atoms with Gasteiger partial charge < -0.3 is 19.5 Å². The minimum absolute atomic E-state index is 0.207. The second kappa shape index (κ2) is 13.6. The molecule has 0 bridgehead atoms. The van der Waals surface area contributed by atoms with E-state index in [1.54, 1.807) is 36.7 Å². The van der Waals surface area contributed by atoms with Gasteiger partial charge in [0.05, 0.1) is 25.3 Å². The number of pyridine rings is 1. The third-order valence-electron chi connectivity index (χ3n) is 7.32. The lowest BCUT2D eigenvalue weighted by atomic mass is 9.85. The summed E-state index contributed by atoms with van der Waals surface area (Å²) in [5, 5.41) is 2.63. The molecular formula is C33H33F3N2O5. The highest BCUT2D eigenvalue weighted by Gasteiger charge is 2.32. The van der Waals surface area contributed by atoms with Gasteiger partial charge in [0, 0.05) is 30.9 Å². The Morgan fingerprint density at radius 2 is 1.72 bits per heavy atom. The molecule has 1 aliphatic rings. The SMILES string of the molecule is CC[C@H](OC(=O)NCc1cc(C(F)(F)F)ccc1C1=C(OC)CCC(c2ccc(C(=O)OC)cc2C)=C1)c1ccncc1. The Bertz CT molecular complexity index is 1550. The third-order valence-corrected chi connectivity index (χ3v) is 7.32. The number of nitrogens with zero attached hydrogens (tertiary/aromatic N) is 1. The van der Waals surface area contributed by atoms with E-state index < -0.39 is 29.9 Å². The van der Waals surface area contributed by atoms with Gasteiger partial charge in [-0.15, -0.1) is 0 Å². The summed E-state index contributed by atoms with van der Waals surface area (Å²) in [6.07, 6.45) is 0.848. The van der Waals surface area contributed by atoms with Gasteiger partial charge in [0.15, 0.2) is 0 Å². The highest BCUT2D eigenvalue weighted by atomic mass is 19.4. The number of hydrogen-bond acceptors (Lipinski definition) is 6. The van der Waals surface area contributed by atoms with Crippen LogP contribution in [0.4, 0.5) is 18.0 Å². The standard InChI is InChI=1S/C33H33F3N2O5/c1-5-29(21-12-14-37-15-13-21)43-32(40)38-19-24-17-25(33(34,35)36)8-10-27(24)28-18-22(7-11-30(28)41-3)26-9-6-23(16-20(26)2)31(39)42-4/h6,8-10,12-18,29H,5,7,11,19H2,1-4H3,(H,38,40)/t29-/m0/s1. The van der Waals surface area contributed by atoms with Gasteiger partial charge in [-0.2, -0.15) is 13.2 Å². The van der Waals surface area contributed by atoms with Crippen molar-refractivity contribution in [3.8, 4) is 0 Å². The summed E-state index contributed by atoms with van der Waals surface area (Å²) in [4.78, 5) is 28.7. The van der Waals surface area contributed by atoms with Crippen molar-refractivity contribution in [3.05, 3.63) is 112 Å². The van der Waals surface area contributed by atoms with Crippen LogP contribution >= 0.6 is 0 Å². The van der Waals surface area contributed by atoms with E-state index in [0.717, 1.165) is 34.4 Å². The Hall–Kier alpha value is -4.60. The molecule has 1 aromatic heterocycles. The number of methoxy groups -OCH3 is 2. The number of aryl methyl sites for hydroxylation is 1. The Morgan fingerprint density at radius 1 is 1.00 bits per heavy atom. The molecule has 10 heteroatoms. The molecule has 0 saturated carbocycles. The average molecular weight is 595 g/mol. The lowest BCUT2D eigenvalue weighted by Gasteiger charge is -2.23. The fourth-order valence-corrected chi connectivity index (χ4v) is 5.11. The Kier molecular flexibility index (Phi) is 9.90. The van der Waals surface area contributed by atoms with Gasteiger partial charge in [-0.1, -0.05) is 19.1 Å². The quantitative estimate of drug-likeness (QED) is 0.254. The fraction of sp³-hybridized carbons (Fsp3) is 0.303. The first-order chi connectivity index (χ1) is 20.5. The molecule has 0 aliphatic heterocycles. The number of aromatic nitrogens is 1. The van der Waals surface area contributed by atoms with Crippen molar-refractivity contribution >= 4 is 23.2 Å². The Balaban J connectivity index is 1.67. The smallest absolute Gasteiger partial charge is 0.416 e. The molecule has 1 N–H and O–H groups in total. The maximum atomic E-state index is 13.7. The van der Waals surface area contributed by atoms with Crippen molar-refractivity contribution in [1.82, 2.24) is 10.3 Å². The average Bonchev–Trinajstić information content (AvgIpc) is 3.01. The number of esters is 1. The number of rotatable bonds is 9. The van der Waals surface area contributed by atoms with Gasteiger partial charge in [0.1, 0.15) is 11.9 Å². The van der Waals surface area contributed by atoms with Crippen LogP contribution in [0.15, 0.2) is 72.8 Å². The minimum Gasteiger partial charge on any atom is -0.500 e. The van der Waals surface area contributed by atoms with Crippen LogP contribution in [0, 0.1) is 6.92 Å². The van der Waals surface area contributed by atoms with Crippen molar-refractivity contribution < 1.29 is 37.0 Å². The van der Waals surface area contributed by atoms with Gasteiger partial charge in [0.25, 0.3) is 0 Å². The molecule has 1 atom stereocenters. The van der Waals surface area contributed by atoms with Gasteiger partial charge in [-0.05, 0) is 95.6 Å². The lowest BCUT2D eigenvalue weighted by molar-refractivity contribution is -0.137. The van der Waals surface area contributed by atoms with Crippen LogP contribution in [0.3, 0.4) is 0 Å². The Labute approximate surface area is 248 Å². The number of carbonyl (C=O) groups excluding carboxylic acids is 2. The summed E-state index contributed by atoms with van der Waals surface area (Å²) in [6.45, 7) is 3.54. The number of alkyl carbamates (subject to hydrolysis) is 1. The van der Waals surface area contributed by atoms with Crippen molar-refractivity contribution in [3.63, 3.8) is 0 Å². The first-order valence-electron chi connectivity index (χ1n) is 13.8. The van der Waals surface area contributed by atoms with Crippen LogP contribution in [0.5, 0.6) is 0 Å². The van der Waals surface area contributed by atoms with Gasteiger partial charge >= 0.3 is 18.2 Å². The monoisotopic (exact) mass is 594 g/mol. The minimum atomic E-state index is -4.58. The van der Waals surface area contributed by atoms with E-state index >= 15 is 0 Å². The van der Waals surface area contributed by atoms with Crippen LogP contribution in [-0.2, 0) is 26.9 Å². The zero-order valence-electron chi connectivity index (χ0n) is 24.4. The lowest BCUT2D eigenvalue weighted by Crippen LogP contribution is -2.26. The molecule has 3 aromatic rings. The number of amides is 1. The first-order valence-corrected chi connectivity index (χ1v) is 13.8. The third kappa shape index (κ3) is 7.43. The molecular weight excluding hydrogens is 561 g/mol. The van der Waals surface area contributed by atoms with Gasteiger partial charge in [-0.3, -0.25) is 4.98 Å². The molecule has 1 aliphatic carbocycles. The van der Waals surface area contributed by atoms with E-state index in [1.807, 2.05) is 26.0 Å². The van der Waals surface area contributed by atoms with E-state index in [2.05, 4.69) is 10.3 Å². The number of benzene rings is 2. The van der Waals surface area contributed by atoms with E-state index in [-0.39, 0.29) is 12.1 Å². The van der Waals surface area contributed by atoms with Gasteiger partial charge in [0.2, 0.25) is 0 Å². The van der Waals surface area contributed by atoms with Crippen LogP contribution in [0.1, 0.15) is 76.0 Å². The van der Waals surface area contributed by atoms with Crippen molar-refractivity contribution in [2.24, 2.45) is 0 Å². The number of nitrogens with one attached hydrogen (secondary N) is 1. The molecule has 0 spiro atoms. The molecule has 0 radical (unpaired) electrons. The van der Waals surface area contributed by atoms with Crippen molar-refractivity contribution in [2.45, 2.75) is 51.9 Å². The van der Waals surface area contributed by atoms with Crippen molar-refractivity contribution in [1.29, 1.82) is 0 Å². The zero-order chi connectivity index (χ0) is 31.1. The topological polar surface area (TPSA) is 86.8 Å². The molecule has 4 rings (SSSR count). The van der Waals surface area contributed by atoms with E-state index in [4.69, 9.17) is 14.2 Å². The molecule has 43 heavy (non-hydrogen) atoms. The highest BCUT2D eigenvalue weighted by molar-refractivity contribution is 5.92. The zero-order valence-corrected chi connectivity index (χ0v) is 24.4. The van der Waals surface area contributed by atoms with E-state index in [1.165, 1.54) is 20.3 Å².